The molecule has 0 saturated heterocycles. The molecule has 2 aliphatic heterocycles. The number of phenols is 1. The third-order valence-electron chi connectivity index (χ3n) is 5.53. The zero-order valence-corrected chi connectivity index (χ0v) is 19.1. The summed E-state index contributed by atoms with van der Waals surface area (Å²) in [6.45, 7) is 2.61. The lowest BCUT2D eigenvalue weighted by Crippen LogP contribution is -2.39. The second kappa shape index (κ2) is 8.76. The number of hydrogen-bond acceptors (Lipinski definition) is 6. The average Bonchev–Trinajstić information content (AvgIpc) is 3.29. The fraction of sp³-hybridized carbons (Fsp3) is 0.200. The summed E-state index contributed by atoms with van der Waals surface area (Å²) < 4.78 is 17.7. The van der Waals surface area contributed by atoms with Crippen LogP contribution >= 0.6 is 15.9 Å². The van der Waals surface area contributed by atoms with Gasteiger partial charge in [-0.05, 0) is 55.0 Å². The van der Waals surface area contributed by atoms with Crippen LogP contribution in [-0.2, 0) is 0 Å². The Morgan fingerprint density at radius 2 is 1.88 bits per heavy atom. The minimum atomic E-state index is -0.245. The lowest BCUT2D eigenvalue weighted by atomic mass is 9.97. The van der Waals surface area contributed by atoms with E-state index >= 15 is 0 Å². The Kier molecular flexibility index (Phi) is 5.68. The summed E-state index contributed by atoms with van der Waals surface area (Å²) in [7, 11) is 0. The molecule has 32 heavy (non-hydrogen) atoms. The number of aromatic hydroxyl groups is 1. The van der Waals surface area contributed by atoms with Crippen LogP contribution in [0.25, 0.3) is 5.70 Å². The molecule has 2 atom stereocenters. The summed E-state index contributed by atoms with van der Waals surface area (Å²) in [5, 5.41) is 18.1. The molecule has 3 N–H and O–H groups in total. The van der Waals surface area contributed by atoms with Crippen LogP contribution < -0.4 is 24.8 Å². The van der Waals surface area contributed by atoms with E-state index < -0.39 is 0 Å². The van der Waals surface area contributed by atoms with Crippen molar-refractivity contribution in [1.82, 2.24) is 10.6 Å². The van der Waals surface area contributed by atoms with Gasteiger partial charge in [-0.25, -0.2) is 0 Å². The molecule has 164 valence electrons. The fourth-order valence-electron chi connectivity index (χ4n) is 3.96. The van der Waals surface area contributed by atoms with Gasteiger partial charge in [-0.3, -0.25) is 5.32 Å². The predicted molar refractivity (Wildman–Crippen MR) is 126 cm³/mol. The minimum Gasteiger partial charge on any atom is -0.504 e. The SMILES string of the molecule is CCOc1cccc(C2C=C(c3ccc4c(c3)OCO4)NC(c3ccc(Br)cc3)N2)c1O. The molecular formula is C25H23BrN2O4. The second-order valence-electron chi connectivity index (χ2n) is 7.55. The molecule has 0 amide bonds. The van der Waals surface area contributed by atoms with Crippen molar-refractivity contribution in [1.29, 1.82) is 0 Å². The van der Waals surface area contributed by atoms with Gasteiger partial charge in [-0.1, -0.05) is 40.2 Å². The topological polar surface area (TPSA) is 72.0 Å². The van der Waals surface area contributed by atoms with Gasteiger partial charge in [0.05, 0.1) is 12.6 Å². The maximum atomic E-state index is 10.9. The van der Waals surface area contributed by atoms with E-state index in [9.17, 15) is 5.11 Å². The number of phenolic OH excluding ortho intramolecular Hbond substituents is 1. The van der Waals surface area contributed by atoms with Crippen molar-refractivity contribution in [3.05, 3.63) is 87.9 Å². The van der Waals surface area contributed by atoms with Gasteiger partial charge in [0, 0.05) is 21.3 Å². The fourth-order valence-corrected chi connectivity index (χ4v) is 4.22. The summed E-state index contributed by atoms with van der Waals surface area (Å²) in [6.07, 6.45) is 1.89. The molecule has 3 aromatic rings. The molecule has 7 heteroatoms. The van der Waals surface area contributed by atoms with Gasteiger partial charge in [0.15, 0.2) is 23.0 Å². The predicted octanol–water partition coefficient (Wildman–Crippen LogP) is 5.26. The van der Waals surface area contributed by atoms with Crippen molar-refractivity contribution in [2.75, 3.05) is 13.4 Å². The monoisotopic (exact) mass is 494 g/mol. The largest absolute Gasteiger partial charge is 0.504 e. The molecule has 5 rings (SSSR count). The van der Waals surface area contributed by atoms with Gasteiger partial charge in [0.25, 0.3) is 0 Å². The quantitative estimate of drug-likeness (QED) is 0.449. The summed E-state index contributed by atoms with van der Waals surface area (Å²) in [5.41, 5.74) is 3.73. The first-order chi connectivity index (χ1) is 15.6. The Labute approximate surface area is 195 Å². The Hall–Kier alpha value is -3.16. The van der Waals surface area contributed by atoms with Crippen molar-refractivity contribution in [2.45, 2.75) is 19.1 Å². The van der Waals surface area contributed by atoms with Crippen molar-refractivity contribution >= 4 is 21.6 Å². The molecule has 0 bridgehead atoms. The summed E-state index contributed by atoms with van der Waals surface area (Å²) in [6, 6.07) is 19.4. The first-order valence-corrected chi connectivity index (χ1v) is 11.3. The van der Waals surface area contributed by atoms with Crippen LogP contribution in [0.5, 0.6) is 23.0 Å². The zero-order chi connectivity index (χ0) is 22.1. The highest BCUT2D eigenvalue weighted by atomic mass is 79.9. The van der Waals surface area contributed by atoms with Gasteiger partial charge in [0.1, 0.15) is 6.17 Å². The Morgan fingerprint density at radius 1 is 1.06 bits per heavy atom. The van der Waals surface area contributed by atoms with Crippen LogP contribution in [0.2, 0.25) is 0 Å². The Bertz CT molecular complexity index is 1160. The van der Waals surface area contributed by atoms with Crippen molar-refractivity contribution < 1.29 is 19.3 Å². The lowest BCUT2D eigenvalue weighted by Gasteiger charge is -2.33. The summed E-state index contributed by atoms with van der Waals surface area (Å²) in [5.74, 6) is 2.08. The second-order valence-corrected chi connectivity index (χ2v) is 8.46. The Morgan fingerprint density at radius 3 is 2.69 bits per heavy atom. The Balaban J connectivity index is 1.56. The lowest BCUT2D eigenvalue weighted by molar-refractivity contribution is 0.174. The van der Waals surface area contributed by atoms with Gasteiger partial charge in [-0.2, -0.15) is 0 Å². The van der Waals surface area contributed by atoms with E-state index in [4.69, 9.17) is 14.2 Å². The van der Waals surface area contributed by atoms with Crippen LogP contribution in [0.1, 0.15) is 35.8 Å². The maximum absolute atomic E-state index is 10.9. The summed E-state index contributed by atoms with van der Waals surface area (Å²) >= 11 is 3.50. The molecule has 0 aliphatic carbocycles. The van der Waals surface area contributed by atoms with Crippen LogP contribution in [-0.4, -0.2) is 18.5 Å². The first-order valence-electron chi connectivity index (χ1n) is 10.5. The number of rotatable bonds is 5. The van der Waals surface area contributed by atoms with E-state index in [-0.39, 0.29) is 24.8 Å². The van der Waals surface area contributed by atoms with E-state index in [2.05, 4.69) is 44.8 Å². The smallest absolute Gasteiger partial charge is 0.231 e. The van der Waals surface area contributed by atoms with E-state index in [0.717, 1.165) is 38.4 Å². The highest BCUT2D eigenvalue weighted by Crippen LogP contribution is 2.40. The van der Waals surface area contributed by atoms with Gasteiger partial charge in [0.2, 0.25) is 6.79 Å². The number of hydrogen-bond donors (Lipinski definition) is 3. The third-order valence-corrected chi connectivity index (χ3v) is 6.06. The molecule has 0 aromatic heterocycles. The number of ether oxygens (including phenoxy) is 3. The molecule has 3 aromatic carbocycles. The molecule has 2 unspecified atom stereocenters. The molecule has 2 aliphatic rings. The van der Waals surface area contributed by atoms with Crippen molar-refractivity contribution in [2.24, 2.45) is 0 Å². The van der Waals surface area contributed by atoms with Gasteiger partial charge < -0.3 is 24.6 Å². The van der Waals surface area contributed by atoms with E-state index in [1.165, 1.54) is 0 Å². The number of fused-ring (bicyclic) bond motifs is 1. The average molecular weight is 495 g/mol. The molecule has 0 radical (unpaired) electrons. The highest BCUT2D eigenvalue weighted by Gasteiger charge is 2.27. The highest BCUT2D eigenvalue weighted by molar-refractivity contribution is 9.10. The number of para-hydroxylation sites is 1. The normalized spacial score (nSPS) is 19.2. The van der Waals surface area contributed by atoms with Crippen molar-refractivity contribution in [3.63, 3.8) is 0 Å². The molecule has 6 nitrogen and oxygen atoms in total. The van der Waals surface area contributed by atoms with Gasteiger partial charge in [-0.15, -0.1) is 0 Å². The summed E-state index contributed by atoms with van der Waals surface area (Å²) in [4.78, 5) is 0. The standard InChI is InChI=1S/C25H23BrN2O4/c1-2-30-22-5-3-4-18(24(22)29)20-13-19(16-8-11-21-23(12-16)32-14-31-21)27-25(28-20)15-6-9-17(26)10-7-15/h3-13,20,25,27-29H,2,14H2,1H3. The molecule has 2 heterocycles. The number of nitrogens with one attached hydrogen (secondary N) is 2. The van der Waals surface area contributed by atoms with Crippen LogP contribution in [0, 0.1) is 0 Å². The van der Waals surface area contributed by atoms with E-state index in [1.54, 1.807) is 6.07 Å². The van der Waals surface area contributed by atoms with Crippen molar-refractivity contribution in [3.8, 4) is 23.0 Å². The third kappa shape index (κ3) is 4.01. The molecule has 0 fully saturated rings. The first kappa shape index (κ1) is 20.7. The van der Waals surface area contributed by atoms with E-state index in [1.807, 2.05) is 49.4 Å². The zero-order valence-electron chi connectivity index (χ0n) is 17.5. The van der Waals surface area contributed by atoms with Crippen LogP contribution in [0.3, 0.4) is 0 Å². The van der Waals surface area contributed by atoms with Crippen LogP contribution in [0.4, 0.5) is 0 Å². The molecule has 0 saturated carbocycles. The minimum absolute atomic E-state index is 0.143. The van der Waals surface area contributed by atoms with E-state index in [0.29, 0.717) is 12.4 Å². The number of benzene rings is 3. The maximum Gasteiger partial charge on any atom is 0.231 e. The number of halogens is 1. The van der Waals surface area contributed by atoms with Gasteiger partial charge >= 0.3 is 0 Å². The molecular weight excluding hydrogens is 472 g/mol. The molecule has 0 spiro atoms. The van der Waals surface area contributed by atoms with Crippen LogP contribution in [0.15, 0.2) is 71.2 Å².